The van der Waals surface area contributed by atoms with E-state index in [9.17, 15) is 4.79 Å². The molecule has 0 spiro atoms. The van der Waals surface area contributed by atoms with Crippen LogP contribution in [0.4, 0.5) is 10.8 Å². The Bertz CT molecular complexity index is 647. The molecular formula is C15H18N4OS. The number of nitrogens with zero attached hydrogens (tertiary/aromatic N) is 3. The fourth-order valence-corrected chi connectivity index (χ4v) is 3.15. The van der Waals surface area contributed by atoms with Crippen LogP contribution >= 0.6 is 11.3 Å². The summed E-state index contributed by atoms with van der Waals surface area (Å²) in [7, 11) is 0. The molecule has 2 heterocycles. The van der Waals surface area contributed by atoms with Crippen LogP contribution in [-0.4, -0.2) is 42.0 Å². The standard InChI is InChI=1S/C15H18N4OS/c1-11-4-2-3-5-13(11)18-6-8-19(9-7-18)14(20)12-10-21-15(16)17-12/h2-5,10H,6-9H2,1H3,(H2,16,17). The number of carbonyl (C=O) groups is 1. The molecule has 21 heavy (non-hydrogen) atoms. The number of hydrogen-bond donors (Lipinski definition) is 1. The van der Waals surface area contributed by atoms with Crippen LogP contribution < -0.4 is 10.6 Å². The number of nitrogens with two attached hydrogens (primary N) is 1. The average Bonchev–Trinajstić information content (AvgIpc) is 2.94. The van der Waals surface area contributed by atoms with E-state index in [2.05, 4.69) is 35.0 Å². The van der Waals surface area contributed by atoms with Crippen LogP contribution in [-0.2, 0) is 0 Å². The van der Waals surface area contributed by atoms with Crippen LogP contribution in [0, 0.1) is 6.92 Å². The number of thiazole rings is 1. The van der Waals surface area contributed by atoms with Crippen molar-refractivity contribution in [2.75, 3.05) is 36.8 Å². The lowest BCUT2D eigenvalue weighted by atomic mass is 10.1. The summed E-state index contributed by atoms with van der Waals surface area (Å²) in [5.74, 6) is -0.0209. The molecule has 0 radical (unpaired) electrons. The quantitative estimate of drug-likeness (QED) is 0.921. The summed E-state index contributed by atoms with van der Waals surface area (Å²) in [5, 5.41) is 2.17. The van der Waals surface area contributed by atoms with Crippen LogP contribution in [0.3, 0.4) is 0 Å². The van der Waals surface area contributed by atoms with Gasteiger partial charge in [-0.05, 0) is 18.6 Å². The Hall–Kier alpha value is -2.08. The summed E-state index contributed by atoms with van der Waals surface area (Å²) in [6, 6.07) is 8.35. The number of benzene rings is 1. The number of rotatable bonds is 2. The minimum atomic E-state index is -0.0209. The number of anilines is 2. The largest absolute Gasteiger partial charge is 0.375 e. The van der Waals surface area contributed by atoms with Crippen LogP contribution in [0.1, 0.15) is 16.1 Å². The molecule has 5 nitrogen and oxygen atoms in total. The first kappa shape index (κ1) is 13.9. The second kappa shape index (κ2) is 5.73. The molecule has 0 unspecified atom stereocenters. The van der Waals surface area contributed by atoms with Gasteiger partial charge in [0.1, 0.15) is 5.69 Å². The zero-order chi connectivity index (χ0) is 14.8. The van der Waals surface area contributed by atoms with Crippen molar-refractivity contribution in [2.45, 2.75) is 6.92 Å². The predicted molar refractivity (Wildman–Crippen MR) is 85.8 cm³/mol. The maximum atomic E-state index is 12.3. The van der Waals surface area contributed by atoms with Crippen LogP contribution in [0.5, 0.6) is 0 Å². The topological polar surface area (TPSA) is 62.5 Å². The summed E-state index contributed by atoms with van der Waals surface area (Å²) in [6.45, 7) is 5.23. The van der Waals surface area contributed by atoms with E-state index in [0.717, 1.165) is 13.1 Å². The lowest BCUT2D eigenvalue weighted by Crippen LogP contribution is -2.49. The van der Waals surface area contributed by atoms with Crippen LogP contribution in [0.15, 0.2) is 29.6 Å². The van der Waals surface area contributed by atoms with Crippen molar-refractivity contribution in [3.05, 3.63) is 40.9 Å². The molecule has 0 saturated carbocycles. The van der Waals surface area contributed by atoms with Crippen molar-refractivity contribution in [3.8, 4) is 0 Å². The molecule has 1 aliphatic heterocycles. The minimum absolute atomic E-state index is 0.0209. The van der Waals surface area contributed by atoms with Crippen LogP contribution in [0.2, 0.25) is 0 Å². The summed E-state index contributed by atoms with van der Waals surface area (Å²) in [4.78, 5) is 20.6. The summed E-state index contributed by atoms with van der Waals surface area (Å²) < 4.78 is 0. The second-order valence-electron chi connectivity index (χ2n) is 5.14. The van der Waals surface area contributed by atoms with Crippen molar-refractivity contribution in [3.63, 3.8) is 0 Å². The third kappa shape index (κ3) is 2.85. The van der Waals surface area contributed by atoms with E-state index in [-0.39, 0.29) is 5.91 Å². The van der Waals surface area contributed by atoms with Gasteiger partial charge in [-0.25, -0.2) is 4.98 Å². The Labute approximate surface area is 128 Å². The molecule has 6 heteroatoms. The van der Waals surface area contributed by atoms with Crippen molar-refractivity contribution in [1.29, 1.82) is 0 Å². The molecule has 0 aliphatic carbocycles. The van der Waals surface area contributed by atoms with E-state index >= 15 is 0 Å². The van der Waals surface area contributed by atoms with Crippen molar-refractivity contribution in [1.82, 2.24) is 9.88 Å². The Morgan fingerprint density at radius 3 is 2.57 bits per heavy atom. The molecule has 1 aliphatic rings. The predicted octanol–water partition coefficient (Wildman–Crippen LogP) is 2.00. The SMILES string of the molecule is Cc1ccccc1N1CCN(C(=O)c2csc(N)n2)CC1. The van der Waals surface area contributed by atoms with E-state index in [1.807, 2.05) is 11.0 Å². The molecule has 110 valence electrons. The summed E-state index contributed by atoms with van der Waals surface area (Å²) >= 11 is 1.30. The Morgan fingerprint density at radius 2 is 1.95 bits per heavy atom. The Morgan fingerprint density at radius 1 is 1.24 bits per heavy atom. The van der Waals surface area contributed by atoms with Gasteiger partial charge in [0.2, 0.25) is 0 Å². The maximum absolute atomic E-state index is 12.3. The van der Waals surface area contributed by atoms with Gasteiger partial charge >= 0.3 is 0 Å². The molecule has 1 aromatic heterocycles. The van der Waals surface area contributed by atoms with Gasteiger partial charge in [0.25, 0.3) is 5.91 Å². The van der Waals surface area contributed by atoms with Crippen molar-refractivity contribution < 1.29 is 4.79 Å². The summed E-state index contributed by atoms with van der Waals surface area (Å²) in [5.41, 5.74) is 8.57. The molecule has 1 saturated heterocycles. The van der Waals surface area contributed by atoms with E-state index in [0.29, 0.717) is 23.9 Å². The highest BCUT2D eigenvalue weighted by molar-refractivity contribution is 7.13. The second-order valence-corrected chi connectivity index (χ2v) is 6.03. The fraction of sp³-hybridized carbons (Fsp3) is 0.333. The fourth-order valence-electron chi connectivity index (χ4n) is 2.62. The first-order chi connectivity index (χ1) is 10.1. The molecule has 1 amide bonds. The minimum Gasteiger partial charge on any atom is -0.375 e. The van der Waals surface area contributed by atoms with Gasteiger partial charge in [-0.1, -0.05) is 18.2 Å². The third-order valence-electron chi connectivity index (χ3n) is 3.76. The molecule has 0 bridgehead atoms. The van der Waals surface area contributed by atoms with Crippen molar-refractivity contribution >= 4 is 28.1 Å². The van der Waals surface area contributed by atoms with Gasteiger partial charge in [0.05, 0.1) is 0 Å². The molecule has 1 fully saturated rings. The highest BCUT2D eigenvalue weighted by Gasteiger charge is 2.24. The van der Waals surface area contributed by atoms with Gasteiger partial charge in [-0.3, -0.25) is 4.79 Å². The molecule has 0 atom stereocenters. The Kier molecular flexibility index (Phi) is 3.79. The van der Waals surface area contributed by atoms with E-state index in [4.69, 9.17) is 5.73 Å². The number of carbonyl (C=O) groups excluding carboxylic acids is 1. The molecular weight excluding hydrogens is 284 g/mol. The summed E-state index contributed by atoms with van der Waals surface area (Å²) in [6.07, 6.45) is 0. The number of aryl methyl sites for hydroxylation is 1. The Balaban J connectivity index is 1.65. The number of aromatic nitrogens is 1. The average molecular weight is 302 g/mol. The van der Waals surface area contributed by atoms with E-state index in [1.165, 1.54) is 22.6 Å². The van der Waals surface area contributed by atoms with Gasteiger partial charge < -0.3 is 15.5 Å². The number of para-hydroxylation sites is 1. The number of piperazine rings is 1. The van der Waals surface area contributed by atoms with Gasteiger partial charge in [-0.15, -0.1) is 11.3 Å². The van der Waals surface area contributed by atoms with E-state index in [1.54, 1.807) is 5.38 Å². The lowest BCUT2D eigenvalue weighted by Gasteiger charge is -2.36. The molecule has 2 aromatic rings. The molecule has 1 aromatic carbocycles. The zero-order valence-electron chi connectivity index (χ0n) is 12.0. The molecule has 3 rings (SSSR count). The highest BCUT2D eigenvalue weighted by atomic mass is 32.1. The van der Waals surface area contributed by atoms with Crippen LogP contribution in [0.25, 0.3) is 0 Å². The first-order valence-electron chi connectivity index (χ1n) is 6.96. The normalized spacial score (nSPS) is 15.3. The third-order valence-corrected chi connectivity index (χ3v) is 4.44. The molecule has 2 N–H and O–H groups in total. The number of nitrogen functional groups attached to an aromatic ring is 1. The van der Waals surface area contributed by atoms with Gasteiger partial charge in [0.15, 0.2) is 5.13 Å². The zero-order valence-corrected chi connectivity index (χ0v) is 12.8. The monoisotopic (exact) mass is 302 g/mol. The smallest absolute Gasteiger partial charge is 0.273 e. The highest BCUT2D eigenvalue weighted by Crippen LogP contribution is 2.21. The number of hydrogen-bond acceptors (Lipinski definition) is 5. The van der Waals surface area contributed by atoms with Gasteiger partial charge in [-0.2, -0.15) is 0 Å². The lowest BCUT2D eigenvalue weighted by molar-refractivity contribution is 0.0742. The maximum Gasteiger partial charge on any atom is 0.273 e. The van der Waals surface area contributed by atoms with Gasteiger partial charge in [0, 0.05) is 37.2 Å². The van der Waals surface area contributed by atoms with Crippen molar-refractivity contribution in [2.24, 2.45) is 0 Å². The number of amides is 1. The van der Waals surface area contributed by atoms with E-state index < -0.39 is 0 Å². The first-order valence-corrected chi connectivity index (χ1v) is 7.84.